The summed E-state index contributed by atoms with van der Waals surface area (Å²) < 4.78 is 12.6. The summed E-state index contributed by atoms with van der Waals surface area (Å²) in [6.07, 6.45) is 7.90. The Balaban J connectivity index is 1.57. The minimum absolute atomic E-state index is 0.0544. The van der Waals surface area contributed by atoms with Gasteiger partial charge in [-0.25, -0.2) is 0 Å². The van der Waals surface area contributed by atoms with Gasteiger partial charge >= 0.3 is 0 Å². The molecular weight excluding hydrogens is 320 g/mol. The van der Waals surface area contributed by atoms with E-state index in [2.05, 4.69) is 10.6 Å². The third-order valence-electron chi connectivity index (χ3n) is 5.10. The number of benzene rings is 1. The van der Waals surface area contributed by atoms with Crippen molar-refractivity contribution in [2.45, 2.75) is 55.9 Å². The molecule has 1 aliphatic carbocycles. The molecule has 1 aromatic carbocycles. The zero-order chi connectivity index (χ0) is 16.8. The molecule has 2 unspecified atom stereocenters. The van der Waals surface area contributed by atoms with E-state index in [1.54, 1.807) is 0 Å². The molecule has 2 aliphatic rings. The molecule has 1 aliphatic heterocycles. The highest BCUT2D eigenvalue weighted by molar-refractivity contribution is 7.84. The number of amides is 1. The van der Waals surface area contributed by atoms with Gasteiger partial charge in [-0.05, 0) is 49.9 Å². The SMILES string of the molecule is O=C(Nc1cccc(CS(=O)C2CCCCC2)c1)C1CCCNC1. The van der Waals surface area contributed by atoms with Crippen molar-refractivity contribution in [2.24, 2.45) is 5.92 Å². The number of hydrogen-bond acceptors (Lipinski definition) is 3. The van der Waals surface area contributed by atoms with Gasteiger partial charge in [0.15, 0.2) is 0 Å². The number of nitrogens with one attached hydrogen (secondary N) is 2. The van der Waals surface area contributed by atoms with Crippen LogP contribution in [0.5, 0.6) is 0 Å². The number of rotatable bonds is 5. The van der Waals surface area contributed by atoms with Gasteiger partial charge in [-0.3, -0.25) is 9.00 Å². The molecule has 0 radical (unpaired) electrons. The Morgan fingerprint density at radius 1 is 1.17 bits per heavy atom. The first kappa shape index (κ1) is 17.6. The normalized spacial score (nSPS) is 23.6. The third-order valence-corrected chi connectivity index (χ3v) is 6.93. The van der Waals surface area contributed by atoms with E-state index in [-0.39, 0.29) is 11.8 Å². The average Bonchev–Trinajstić information content (AvgIpc) is 2.63. The molecule has 1 saturated carbocycles. The largest absolute Gasteiger partial charge is 0.326 e. The zero-order valence-electron chi connectivity index (χ0n) is 14.3. The summed E-state index contributed by atoms with van der Waals surface area (Å²) in [6.45, 7) is 1.77. The number of hydrogen-bond donors (Lipinski definition) is 2. The molecule has 5 heteroatoms. The maximum absolute atomic E-state index is 12.6. The lowest BCUT2D eigenvalue weighted by Crippen LogP contribution is -2.37. The van der Waals surface area contributed by atoms with Crippen molar-refractivity contribution in [3.05, 3.63) is 29.8 Å². The number of piperidine rings is 1. The maximum Gasteiger partial charge on any atom is 0.228 e. The fourth-order valence-corrected chi connectivity index (χ4v) is 5.27. The highest BCUT2D eigenvalue weighted by Gasteiger charge is 2.22. The molecule has 132 valence electrons. The molecule has 1 amide bonds. The molecule has 0 bridgehead atoms. The predicted octanol–water partition coefficient (Wildman–Crippen LogP) is 3.21. The second-order valence-electron chi connectivity index (χ2n) is 7.02. The van der Waals surface area contributed by atoms with Gasteiger partial charge < -0.3 is 10.6 Å². The van der Waals surface area contributed by atoms with Gasteiger partial charge in [0, 0.05) is 34.0 Å². The Morgan fingerprint density at radius 3 is 2.75 bits per heavy atom. The summed E-state index contributed by atoms with van der Waals surface area (Å²) in [7, 11) is -0.805. The van der Waals surface area contributed by atoms with Crippen LogP contribution in [0, 0.1) is 5.92 Å². The van der Waals surface area contributed by atoms with Crippen LogP contribution in [0.25, 0.3) is 0 Å². The molecule has 1 aromatic rings. The Hall–Kier alpha value is -1.20. The van der Waals surface area contributed by atoms with Crippen LogP contribution in [0.3, 0.4) is 0 Å². The van der Waals surface area contributed by atoms with Crippen LogP contribution >= 0.6 is 0 Å². The van der Waals surface area contributed by atoms with Crippen LogP contribution in [0.2, 0.25) is 0 Å². The monoisotopic (exact) mass is 348 g/mol. The van der Waals surface area contributed by atoms with Crippen LogP contribution in [0.15, 0.2) is 24.3 Å². The third kappa shape index (κ3) is 4.90. The van der Waals surface area contributed by atoms with E-state index < -0.39 is 10.8 Å². The van der Waals surface area contributed by atoms with E-state index in [0.29, 0.717) is 11.0 Å². The lowest BCUT2D eigenvalue weighted by Gasteiger charge is -2.22. The lowest BCUT2D eigenvalue weighted by molar-refractivity contribution is -0.120. The summed E-state index contributed by atoms with van der Waals surface area (Å²) in [6, 6.07) is 7.86. The van der Waals surface area contributed by atoms with E-state index in [0.717, 1.165) is 50.0 Å². The zero-order valence-corrected chi connectivity index (χ0v) is 15.1. The van der Waals surface area contributed by atoms with Crippen LogP contribution in [-0.4, -0.2) is 28.5 Å². The van der Waals surface area contributed by atoms with E-state index in [1.165, 1.54) is 19.3 Å². The summed E-state index contributed by atoms with van der Waals surface area (Å²) in [5, 5.41) is 6.65. The molecule has 4 nitrogen and oxygen atoms in total. The molecule has 0 spiro atoms. The molecule has 2 N–H and O–H groups in total. The summed E-state index contributed by atoms with van der Waals surface area (Å²) in [4.78, 5) is 12.3. The van der Waals surface area contributed by atoms with E-state index >= 15 is 0 Å². The van der Waals surface area contributed by atoms with Crippen LogP contribution in [0.4, 0.5) is 5.69 Å². The summed E-state index contributed by atoms with van der Waals surface area (Å²) in [5.41, 5.74) is 1.88. The number of carbonyl (C=O) groups is 1. The van der Waals surface area contributed by atoms with Gasteiger partial charge in [-0.1, -0.05) is 31.4 Å². The second kappa shape index (κ2) is 8.77. The van der Waals surface area contributed by atoms with Crippen molar-refractivity contribution in [1.82, 2.24) is 5.32 Å². The Bertz CT molecular complexity index is 531. The Labute approximate surface area is 147 Å². The van der Waals surface area contributed by atoms with Crippen molar-refractivity contribution in [1.29, 1.82) is 0 Å². The molecule has 24 heavy (non-hydrogen) atoms. The van der Waals surface area contributed by atoms with E-state index in [4.69, 9.17) is 0 Å². The fourth-order valence-electron chi connectivity index (χ4n) is 3.67. The van der Waals surface area contributed by atoms with Crippen LogP contribution < -0.4 is 10.6 Å². The van der Waals surface area contributed by atoms with Gasteiger partial charge in [0.2, 0.25) is 5.91 Å². The summed E-state index contributed by atoms with van der Waals surface area (Å²) in [5.74, 6) is 0.742. The molecule has 0 aromatic heterocycles. The Kier molecular flexibility index (Phi) is 6.44. The van der Waals surface area contributed by atoms with E-state index in [1.807, 2.05) is 24.3 Å². The van der Waals surface area contributed by atoms with Gasteiger partial charge in [-0.2, -0.15) is 0 Å². The first-order valence-electron chi connectivity index (χ1n) is 9.20. The van der Waals surface area contributed by atoms with Gasteiger partial charge in [0.25, 0.3) is 0 Å². The highest BCUT2D eigenvalue weighted by Crippen LogP contribution is 2.24. The van der Waals surface area contributed by atoms with Gasteiger partial charge in [0.05, 0.1) is 5.92 Å². The second-order valence-corrected chi connectivity index (χ2v) is 8.73. The molecular formula is C19H28N2O2S. The average molecular weight is 349 g/mol. The smallest absolute Gasteiger partial charge is 0.228 e. The molecule has 1 saturated heterocycles. The van der Waals surface area contributed by atoms with Crippen LogP contribution in [-0.2, 0) is 21.3 Å². The topological polar surface area (TPSA) is 58.2 Å². The van der Waals surface area contributed by atoms with E-state index in [9.17, 15) is 9.00 Å². The quantitative estimate of drug-likeness (QED) is 0.859. The van der Waals surface area contributed by atoms with Crippen molar-refractivity contribution in [3.8, 4) is 0 Å². The van der Waals surface area contributed by atoms with Gasteiger partial charge in [-0.15, -0.1) is 0 Å². The Morgan fingerprint density at radius 2 is 2.00 bits per heavy atom. The molecule has 2 fully saturated rings. The molecule has 2 atom stereocenters. The predicted molar refractivity (Wildman–Crippen MR) is 99.4 cm³/mol. The van der Waals surface area contributed by atoms with Crippen molar-refractivity contribution in [3.63, 3.8) is 0 Å². The van der Waals surface area contributed by atoms with Crippen molar-refractivity contribution in [2.75, 3.05) is 18.4 Å². The first-order chi connectivity index (χ1) is 11.7. The van der Waals surface area contributed by atoms with Crippen molar-refractivity contribution >= 4 is 22.4 Å². The summed E-state index contributed by atoms with van der Waals surface area (Å²) >= 11 is 0. The minimum atomic E-state index is -0.805. The fraction of sp³-hybridized carbons (Fsp3) is 0.632. The lowest BCUT2D eigenvalue weighted by atomic mass is 9.99. The first-order valence-corrected chi connectivity index (χ1v) is 10.6. The highest BCUT2D eigenvalue weighted by atomic mass is 32.2. The van der Waals surface area contributed by atoms with Gasteiger partial charge in [0.1, 0.15) is 0 Å². The van der Waals surface area contributed by atoms with Crippen LogP contribution in [0.1, 0.15) is 50.5 Å². The maximum atomic E-state index is 12.6. The molecule has 3 rings (SSSR count). The standard InChI is InChI=1S/C19H28N2O2S/c22-19(16-7-5-11-20-13-16)21-17-8-4-6-15(12-17)14-24(23)18-9-2-1-3-10-18/h4,6,8,12,16,18,20H,1-3,5,7,9-11,13-14H2,(H,21,22). The number of anilines is 1. The molecule has 1 heterocycles. The van der Waals surface area contributed by atoms with Crippen molar-refractivity contribution < 1.29 is 9.00 Å². The minimum Gasteiger partial charge on any atom is -0.326 e. The number of carbonyl (C=O) groups excluding carboxylic acids is 1.